The first-order chi connectivity index (χ1) is 12.5. The van der Waals surface area contributed by atoms with Crippen molar-refractivity contribution in [2.75, 3.05) is 18.0 Å². The molecule has 3 nitrogen and oxygen atoms in total. The number of anilines is 1. The number of ketones is 1. The van der Waals surface area contributed by atoms with E-state index in [1.54, 1.807) is 6.07 Å². The molecule has 1 aliphatic carbocycles. The number of carbonyl (C=O) groups is 1. The summed E-state index contributed by atoms with van der Waals surface area (Å²) in [6, 6.07) is 13.4. The van der Waals surface area contributed by atoms with E-state index in [9.17, 15) is 4.79 Å². The molecule has 134 valence electrons. The van der Waals surface area contributed by atoms with Gasteiger partial charge in [0.15, 0.2) is 0 Å². The van der Waals surface area contributed by atoms with E-state index in [1.807, 2.05) is 31.2 Å². The molecule has 5 heteroatoms. The zero-order valence-corrected chi connectivity index (χ0v) is 16.5. The molecule has 1 aliphatic rings. The number of Topliss-reactive ketones (excluding diaryl/α,β-unsaturated/α-hetero) is 1. The quantitative estimate of drug-likeness (QED) is 0.660. The van der Waals surface area contributed by atoms with Crippen LogP contribution in [0.5, 0.6) is 0 Å². The molecule has 0 heterocycles. The standard InChI is InChI=1S/C21H20Cl2N2O/c1-4-25(5-2)14-10-11-17(13(3)12-14)24-20-15-8-6-7-9-16(15)21(26)19(23)18(20)22/h6-12H,4-5H2,1-3H3. The summed E-state index contributed by atoms with van der Waals surface area (Å²) in [5, 5.41) is 0.212. The second-order valence-corrected chi connectivity index (χ2v) is 6.86. The van der Waals surface area contributed by atoms with Crippen LogP contribution in [0, 0.1) is 6.92 Å². The van der Waals surface area contributed by atoms with Crippen molar-refractivity contribution in [1.82, 2.24) is 0 Å². The number of aryl methyl sites for hydroxylation is 1. The molecular formula is C21H20Cl2N2O. The summed E-state index contributed by atoms with van der Waals surface area (Å²) >= 11 is 12.5. The number of hydrogen-bond acceptors (Lipinski definition) is 3. The molecule has 0 aliphatic heterocycles. The Hall–Kier alpha value is -2.10. The van der Waals surface area contributed by atoms with Crippen LogP contribution in [0.2, 0.25) is 0 Å². The summed E-state index contributed by atoms with van der Waals surface area (Å²) in [5.41, 5.74) is 4.78. The topological polar surface area (TPSA) is 32.7 Å². The molecule has 2 aromatic carbocycles. The van der Waals surface area contributed by atoms with E-state index in [0.717, 1.165) is 30.0 Å². The van der Waals surface area contributed by atoms with Crippen LogP contribution >= 0.6 is 23.2 Å². The van der Waals surface area contributed by atoms with E-state index < -0.39 is 0 Å². The van der Waals surface area contributed by atoms with Gasteiger partial charge in [-0.15, -0.1) is 0 Å². The summed E-state index contributed by atoms with van der Waals surface area (Å²) in [4.78, 5) is 19.4. The van der Waals surface area contributed by atoms with Gasteiger partial charge in [0.05, 0.1) is 16.4 Å². The normalized spacial score (nSPS) is 15.4. The summed E-state index contributed by atoms with van der Waals surface area (Å²) in [7, 11) is 0. The lowest BCUT2D eigenvalue weighted by atomic mass is 9.93. The van der Waals surface area contributed by atoms with Gasteiger partial charge in [0.1, 0.15) is 5.03 Å². The molecule has 2 aromatic rings. The van der Waals surface area contributed by atoms with E-state index in [0.29, 0.717) is 16.8 Å². The van der Waals surface area contributed by atoms with Crippen molar-refractivity contribution >= 4 is 46.1 Å². The van der Waals surface area contributed by atoms with Gasteiger partial charge in [-0.3, -0.25) is 4.79 Å². The number of nitrogens with zero attached hydrogens (tertiary/aromatic N) is 2. The fourth-order valence-corrected chi connectivity index (χ4v) is 3.53. The number of aliphatic imine (C=N–C) groups is 1. The van der Waals surface area contributed by atoms with Gasteiger partial charge in [-0.2, -0.15) is 0 Å². The third-order valence-electron chi connectivity index (χ3n) is 4.57. The fraction of sp³-hybridized carbons (Fsp3) is 0.238. The van der Waals surface area contributed by atoms with Crippen LogP contribution < -0.4 is 4.90 Å². The van der Waals surface area contributed by atoms with Gasteiger partial charge in [0.2, 0.25) is 5.78 Å². The Balaban J connectivity index is 2.11. The zero-order chi connectivity index (χ0) is 18.8. The predicted octanol–water partition coefficient (Wildman–Crippen LogP) is 5.85. The Bertz CT molecular complexity index is 927. The molecule has 26 heavy (non-hydrogen) atoms. The number of hydrogen-bond donors (Lipinski definition) is 0. The number of carbonyl (C=O) groups excluding carboxylic acids is 1. The van der Waals surface area contributed by atoms with E-state index in [-0.39, 0.29) is 15.8 Å². The fourth-order valence-electron chi connectivity index (χ4n) is 3.11. The monoisotopic (exact) mass is 386 g/mol. The van der Waals surface area contributed by atoms with Gasteiger partial charge >= 0.3 is 0 Å². The first kappa shape index (κ1) is 18.7. The number of halogens is 2. The third-order valence-corrected chi connectivity index (χ3v) is 5.39. The van der Waals surface area contributed by atoms with Gasteiger partial charge in [0, 0.05) is 29.9 Å². The van der Waals surface area contributed by atoms with E-state index >= 15 is 0 Å². The molecule has 3 rings (SSSR count). The lowest BCUT2D eigenvalue weighted by Gasteiger charge is -2.22. The highest BCUT2D eigenvalue weighted by atomic mass is 35.5. The van der Waals surface area contributed by atoms with Crippen LogP contribution in [0.3, 0.4) is 0 Å². The molecule has 0 unspecified atom stereocenters. The molecule has 0 saturated carbocycles. The van der Waals surface area contributed by atoms with E-state index in [1.165, 1.54) is 0 Å². The first-order valence-corrected chi connectivity index (χ1v) is 9.37. The van der Waals surface area contributed by atoms with E-state index in [4.69, 9.17) is 28.2 Å². The Morgan fingerprint density at radius 2 is 1.62 bits per heavy atom. The second kappa shape index (κ2) is 7.65. The summed E-state index contributed by atoms with van der Waals surface area (Å²) in [6.07, 6.45) is 0. The predicted molar refractivity (Wildman–Crippen MR) is 110 cm³/mol. The molecule has 0 spiro atoms. The summed E-state index contributed by atoms with van der Waals surface area (Å²) in [5.74, 6) is -0.264. The minimum atomic E-state index is -0.264. The minimum Gasteiger partial charge on any atom is -0.372 e. The molecule has 0 bridgehead atoms. The van der Waals surface area contributed by atoms with Crippen LogP contribution in [0.4, 0.5) is 11.4 Å². The first-order valence-electron chi connectivity index (χ1n) is 8.61. The highest BCUT2D eigenvalue weighted by molar-refractivity contribution is 6.60. The average Bonchev–Trinajstić information content (AvgIpc) is 2.66. The molecule has 0 atom stereocenters. The van der Waals surface area contributed by atoms with Gasteiger partial charge in [0.25, 0.3) is 0 Å². The van der Waals surface area contributed by atoms with Crippen LogP contribution in [-0.4, -0.2) is 24.6 Å². The Kier molecular flexibility index (Phi) is 5.49. The lowest BCUT2D eigenvalue weighted by Crippen LogP contribution is -2.21. The molecule has 0 aromatic heterocycles. The molecular weight excluding hydrogens is 367 g/mol. The maximum Gasteiger partial charge on any atom is 0.206 e. The summed E-state index contributed by atoms with van der Waals surface area (Å²) in [6.45, 7) is 8.18. The SMILES string of the molecule is CCN(CC)c1ccc(N=C2C(Cl)=C(Cl)C(=O)c3ccccc32)c(C)c1. The van der Waals surface area contributed by atoms with Crippen molar-refractivity contribution in [2.24, 2.45) is 4.99 Å². The molecule has 0 saturated heterocycles. The highest BCUT2D eigenvalue weighted by Crippen LogP contribution is 2.34. The molecule has 0 radical (unpaired) electrons. The van der Waals surface area contributed by atoms with Crippen LogP contribution in [0.25, 0.3) is 0 Å². The molecule has 0 amide bonds. The van der Waals surface area contributed by atoms with Gasteiger partial charge in [-0.25, -0.2) is 4.99 Å². The zero-order valence-electron chi connectivity index (χ0n) is 15.0. The van der Waals surface area contributed by atoms with Gasteiger partial charge in [-0.05, 0) is 44.5 Å². The van der Waals surface area contributed by atoms with Crippen molar-refractivity contribution in [2.45, 2.75) is 20.8 Å². The average molecular weight is 387 g/mol. The maximum atomic E-state index is 12.3. The third kappa shape index (κ3) is 3.29. The summed E-state index contributed by atoms with van der Waals surface area (Å²) < 4.78 is 0. The Morgan fingerprint density at radius 3 is 2.23 bits per heavy atom. The van der Waals surface area contributed by atoms with Gasteiger partial charge < -0.3 is 4.90 Å². The lowest BCUT2D eigenvalue weighted by molar-refractivity contribution is 0.104. The Morgan fingerprint density at radius 1 is 0.962 bits per heavy atom. The van der Waals surface area contributed by atoms with Crippen molar-refractivity contribution in [3.63, 3.8) is 0 Å². The maximum absolute atomic E-state index is 12.3. The van der Waals surface area contributed by atoms with E-state index in [2.05, 4.69) is 30.9 Å². The van der Waals surface area contributed by atoms with Crippen LogP contribution in [-0.2, 0) is 0 Å². The number of fused-ring (bicyclic) bond motifs is 1. The van der Waals surface area contributed by atoms with Crippen molar-refractivity contribution in [3.05, 3.63) is 69.2 Å². The Labute approximate surface area is 164 Å². The minimum absolute atomic E-state index is 0.0153. The largest absolute Gasteiger partial charge is 0.372 e. The van der Waals surface area contributed by atoms with Crippen molar-refractivity contribution in [3.8, 4) is 0 Å². The number of rotatable bonds is 4. The molecule has 0 fully saturated rings. The van der Waals surface area contributed by atoms with Crippen molar-refractivity contribution < 1.29 is 4.79 Å². The number of benzene rings is 2. The number of allylic oxidation sites excluding steroid dienone is 2. The van der Waals surface area contributed by atoms with Crippen LogP contribution in [0.1, 0.15) is 35.3 Å². The van der Waals surface area contributed by atoms with Crippen molar-refractivity contribution in [1.29, 1.82) is 0 Å². The second-order valence-electron chi connectivity index (χ2n) is 6.11. The smallest absolute Gasteiger partial charge is 0.206 e. The van der Waals surface area contributed by atoms with Gasteiger partial charge in [-0.1, -0.05) is 47.5 Å². The molecule has 0 N–H and O–H groups in total. The van der Waals surface area contributed by atoms with Crippen LogP contribution in [0.15, 0.2) is 57.5 Å². The highest BCUT2D eigenvalue weighted by Gasteiger charge is 2.28.